The van der Waals surface area contributed by atoms with E-state index in [1.807, 2.05) is 30.3 Å². The summed E-state index contributed by atoms with van der Waals surface area (Å²) in [6, 6.07) is 9.90. The molecule has 1 aliphatic heterocycles. The SMILES string of the molecule is Cn1cc(-c2cnc(N)c(C(=O)N[C@@H]3CCN(C(=O)C4Cc5ccccc5C4)C3)c2)cn1. The van der Waals surface area contributed by atoms with Crippen LogP contribution in [0, 0.1) is 5.92 Å². The lowest BCUT2D eigenvalue weighted by molar-refractivity contribution is -0.134. The van der Waals surface area contributed by atoms with Crippen molar-refractivity contribution in [2.75, 3.05) is 18.8 Å². The van der Waals surface area contributed by atoms with Gasteiger partial charge in [0.25, 0.3) is 5.91 Å². The number of nitrogens with zero attached hydrogens (tertiary/aromatic N) is 4. The number of aromatic nitrogens is 3. The van der Waals surface area contributed by atoms with Gasteiger partial charge in [0.05, 0.1) is 11.8 Å². The number of hydrogen-bond donors (Lipinski definition) is 2. The molecular formula is C24H26N6O2. The molecule has 0 spiro atoms. The maximum Gasteiger partial charge on any atom is 0.255 e. The average molecular weight is 431 g/mol. The number of hydrogen-bond acceptors (Lipinski definition) is 5. The number of aryl methyl sites for hydroxylation is 1. The van der Waals surface area contributed by atoms with Crippen LogP contribution in [0.25, 0.3) is 11.1 Å². The minimum Gasteiger partial charge on any atom is -0.383 e. The van der Waals surface area contributed by atoms with E-state index in [-0.39, 0.29) is 29.6 Å². The summed E-state index contributed by atoms with van der Waals surface area (Å²) < 4.78 is 1.69. The Balaban J connectivity index is 1.22. The van der Waals surface area contributed by atoms with Gasteiger partial charge in [-0.1, -0.05) is 24.3 Å². The van der Waals surface area contributed by atoms with Gasteiger partial charge in [-0.2, -0.15) is 5.10 Å². The summed E-state index contributed by atoms with van der Waals surface area (Å²) in [6.45, 7) is 1.17. The summed E-state index contributed by atoms with van der Waals surface area (Å²) in [5.41, 5.74) is 10.5. The quantitative estimate of drug-likeness (QED) is 0.657. The van der Waals surface area contributed by atoms with E-state index in [9.17, 15) is 9.59 Å². The van der Waals surface area contributed by atoms with E-state index < -0.39 is 0 Å². The van der Waals surface area contributed by atoms with Crippen molar-refractivity contribution in [2.45, 2.75) is 25.3 Å². The normalized spacial score (nSPS) is 18.0. The zero-order chi connectivity index (χ0) is 22.2. The fourth-order valence-electron chi connectivity index (χ4n) is 4.72. The van der Waals surface area contributed by atoms with Crippen molar-refractivity contribution in [1.29, 1.82) is 0 Å². The van der Waals surface area contributed by atoms with E-state index >= 15 is 0 Å². The van der Waals surface area contributed by atoms with Crippen molar-refractivity contribution in [1.82, 2.24) is 25.0 Å². The number of likely N-dealkylation sites (tertiary alicyclic amines) is 1. The molecule has 3 heterocycles. The van der Waals surface area contributed by atoms with E-state index in [1.54, 1.807) is 23.1 Å². The van der Waals surface area contributed by atoms with Crippen LogP contribution in [0.2, 0.25) is 0 Å². The van der Waals surface area contributed by atoms with Crippen molar-refractivity contribution in [3.8, 4) is 11.1 Å². The second-order valence-electron chi connectivity index (χ2n) is 8.68. The number of nitrogens with one attached hydrogen (secondary N) is 1. The fraction of sp³-hybridized carbons (Fsp3) is 0.333. The summed E-state index contributed by atoms with van der Waals surface area (Å²) in [4.78, 5) is 32.1. The van der Waals surface area contributed by atoms with Gasteiger partial charge in [-0.3, -0.25) is 14.3 Å². The summed E-state index contributed by atoms with van der Waals surface area (Å²) in [6.07, 6.45) is 7.54. The topological polar surface area (TPSA) is 106 Å². The van der Waals surface area contributed by atoms with Gasteiger partial charge in [-0.05, 0) is 36.5 Å². The van der Waals surface area contributed by atoms with Gasteiger partial charge in [0, 0.05) is 55.6 Å². The number of pyridine rings is 1. The molecule has 5 rings (SSSR count). The Bertz CT molecular complexity index is 1160. The average Bonchev–Trinajstić information content (AvgIpc) is 3.53. The van der Waals surface area contributed by atoms with E-state index in [2.05, 4.69) is 27.5 Å². The van der Waals surface area contributed by atoms with E-state index in [0.717, 1.165) is 30.4 Å². The highest BCUT2D eigenvalue weighted by Crippen LogP contribution is 2.29. The molecule has 1 atom stereocenters. The number of carbonyl (C=O) groups excluding carboxylic acids is 2. The van der Waals surface area contributed by atoms with Crippen molar-refractivity contribution in [2.24, 2.45) is 13.0 Å². The lowest BCUT2D eigenvalue weighted by Crippen LogP contribution is -2.40. The summed E-state index contributed by atoms with van der Waals surface area (Å²) >= 11 is 0. The first-order chi connectivity index (χ1) is 15.5. The van der Waals surface area contributed by atoms with Crippen LogP contribution in [0.1, 0.15) is 27.9 Å². The Kier molecular flexibility index (Phi) is 5.13. The molecule has 1 aliphatic carbocycles. The Hall–Kier alpha value is -3.68. The second-order valence-corrected chi connectivity index (χ2v) is 8.68. The first-order valence-electron chi connectivity index (χ1n) is 10.9. The van der Waals surface area contributed by atoms with Crippen LogP contribution >= 0.6 is 0 Å². The fourth-order valence-corrected chi connectivity index (χ4v) is 4.72. The lowest BCUT2D eigenvalue weighted by atomic mass is 10.1. The van der Waals surface area contributed by atoms with Crippen LogP contribution in [0.4, 0.5) is 5.82 Å². The molecule has 2 amide bonds. The molecule has 8 heteroatoms. The second kappa shape index (κ2) is 8.11. The molecule has 8 nitrogen and oxygen atoms in total. The molecule has 3 aromatic rings. The number of rotatable bonds is 4. The Morgan fingerprint density at radius 1 is 1.12 bits per heavy atom. The molecule has 0 saturated carbocycles. The highest BCUT2D eigenvalue weighted by atomic mass is 16.2. The molecule has 2 aliphatic rings. The Morgan fingerprint density at radius 2 is 1.88 bits per heavy atom. The number of amides is 2. The predicted octanol–water partition coefficient (Wildman–Crippen LogP) is 1.81. The van der Waals surface area contributed by atoms with Crippen molar-refractivity contribution < 1.29 is 9.59 Å². The van der Waals surface area contributed by atoms with Crippen LogP contribution in [-0.2, 0) is 24.7 Å². The van der Waals surface area contributed by atoms with Crippen molar-refractivity contribution >= 4 is 17.6 Å². The van der Waals surface area contributed by atoms with E-state index in [1.165, 1.54) is 11.1 Å². The number of carbonyl (C=O) groups is 2. The van der Waals surface area contributed by atoms with E-state index in [4.69, 9.17) is 5.73 Å². The highest BCUT2D eigenvalue weighted by molar-refractivity contribution is 5.99. The Morgan fingerprint density at radius 3 is 2.56 bits per heavy atom. The molecule has 0 unspecified atom stereocenters. The molecule has 1 saturated heterocycles. The summed E-state index contributed by atoms with van der Waals surface area (Å²) in [5.74, 6) is 0.0914. The number of fused-ring (bicyclic) bond motifs is 1. The minimum atomic E-state index is -0.270. The molecule has 0 radical (unpaired) electrons. The van der Waals surface area contributed by atoms with Gasteiger partial charge in [0.1, 0.15) is 5.82 Å². The van der Waals surface area contributed by atoms with Gasteiger partial charge in [-0.15, -0.1) is 0 Å². The zero-order valence-electron chi connectivity index (χ0n) is 18.0. The van der Waals surface area contributed by atoms with Crippen LogP contribution in [0.5, 0.6) is 0 Å². The molecule has 164 valence electrons. The van der Waals surface area contributed by atoms with Crippen LogP contribution < -0.4 is 11.1 Å². The molecular weight excluding hydrogens is 404 g/mol. The third-order valence-corrected chi connectivity index (χ3v) is 6.44. The summed E-state index contributed by atoms with van der Waals surface area (Å²) in [7, 11) is 1.83. The predicted molar refractivity (Wildman–Crippen MR) is 121 cm³/mol. The van der Waals surface area contributed by atoms with Gasteiger partial charge in [0.15, 0.2) is 0 Å². The zero-order valence-corrected chi connectivity index (χ0v) is 18.0. The Labute approximate surface area is 186 Å². The maximum absolute atomic E-state index is 13.1. The third-order valence-electron chi connectivity index (χ3n) is 6.44. The smallest absolute Gasteiger partial charge is 0.255 e. The lowest BCUT2D eigenvalue weighted by Gasteiger charge is -2.21. The molecule has 1 fully saturated rings. The van der Waals surface area contributed by atoms with Crippen molar-refractivity contribution in [3.05, 3.63) is 65.6 Å². The number of anilines is 1. The van der Waals surface area contributed by atoms with Gasteiger partial charge in [-0.25, -0.2) is 4.98 Å². The van der Waals surface area contributed by atoms with Crippen LogP contribution in [0.3, 0.4) is 0 Å². The van der Waals surface area contributed by atoms with Crippen LogP contribution in [0.15, 0.2) is 48.9 Å². The largest absolute Gasteiger partial charge is 0.383 e. The standard InChI is InChI=1S/C24H26N6O2/c1-29-13-19(12-27-29)18-10-21(22(25)26-11-18)23(31)28-20-6-7-30(14-20)24(32)17-8-15-4-2-3-5-16(15)9-17/h2-5,10-13,17,20H,6-9,14H2,1H3,(H2,25,26)(H,28,31)/t20-/m1/s1. The maximum atomic E-state index is 13.1. The van der Waals surface area contributed by atoms with Crippen molar-refractivity contribution in [3.63, 3.8) is 0 Å². The first-order valence-corrected chi connectivity index (χ1v) is 10.9. The monoisotopic (exact) mass is 430 g/mol. The number of nitrogens with two attached hydrogens (primary N) is 1. The van der Waals surface area contributed by atoms with E-state index in [0.29, 0.717) is 18.7 Å². The van der Waals surface area contributed by atoms with Gasteiger partial charge < -0.3 is 16.0 Å². The first kappa shape index (κ1) is 20.2. The van der Waals surface area contributed by atoms with Crippen LogP contribution in [-0.4, -0.2) is 50.6 Å². The van der Waals surface area contributed by atoms with Gasteiger partial charge >= 0.3 is 0 Å². The molecule has 3 N–H and O–H groups in total. The molecule has 2 aromatic heterocycles. The number of benzene rings is 1. The minimum absolute atomic E-state index is 0.00198. The van der Waals surface area contributed by atoms with Gasteiger partial charge in [0.2, 0.25) is 5.91 Å². The molecule has 32 heavy (non-hydrogen) atoms. The number of nitrogen functional groups attached to an aromatic ring is 1. The molecule has 0 bridgehead atoms. The molecule has 1 aromatic carbocycles. The third kappa shape index (κ3) is 3.84. The highest BCUT2D eigenvalue weighted by Gasteiger charge is 2.34. The summed E-state index contributed by atoms with van der Waals surface area (Å²) in [5, 5.41) is 7.20.